The lowest BCUT2D eigenvalue weighted by Crippen LogP contribution is -2.31. The van der Waals surface area contributed by atoms with Gasteiger partial charge in [0.1, 0.15) is 0 Å². The normalized spacial score (nSPS) is 20.4. The highest BCUT2D eigenvalue weighted by molar-refractivity contribution is 4.98. The molecule has 0 fully saturated rings. The summed E-state index contributed by atoms with van der Waals surface area (Å²) in [6, 6.07) is 1.30. The fourth-order valence-electron chi connectivity index (χ4n) is 1.40. The van der Waals surface area contributed by atoms with E-state index >= 15 is 0 Å². The average Bonchev–Trinajstić information content (AvgIpc) is 2.51. The quantitative estimate of drug-likeness (QED) is 0.702. The van der Waals surface area contributed by atoms with Crippen LogP contribution in [0.1, 0.15) is 19.6 Å². The van der Waals surface area contributed by atoms with Crippen LogP contribution in [0.2, 0.25) is 0 Å². The van der Waals surface area contributed by atoms with E-state index in [0.29, 0.717) is 6.42 Å². The summed E-state index contributed by atoms with van der Waals surface area (Å²) < 4.78 is 6.74. The van der Waals surface area contributed by atoms with Crippen molar-refractivity contribution in [1.29, 1.82) is 0 Å². The molecule has 1 aliphatic rings. The van der Waals surface area contributed by atoms with Crippen LogP contribution in [0.15, 0.2) is 33.7 Å². The summed E-state index contributed by atoms with van der Waals surface area (Å²) in [6.45, 7) is 1.83. The Hall–Kier alpha value is -1.78. The van der Waals surface area contributed by atoms with Crippen LogP contribution in [0.4, 0.5) is 0 Å². The van der Waals surface area contributed by atoms with Gasteiger partial charge >= 0.3 is 5.69 Å². The van der Waals surface area contributed by atoms with Crippen LogP contribution < -0.4 is 11.2 Å². The maximum Gasteiger partial charge on any atom is 0.331 e. The molecule has 0 bridgehead atoms. The van der Waals surface area contributed by atoms with Crippen LogP contribution in [0.25, 0.3) is 0 Å². The molecule has 1 aromatic heterocycles. The highest BCUT2D eigenvalue weighted by atomic mass is 16.5. The Kier molecular flexibility index (Phi) is 1.99. The molecule has 74 valence electrons. The molecule has 2 rings (SSSR count). The lowest BCUT2D eigenvalue weighted by Gasteiger charge is -2.13. The summed E-state index contributed by atoms with van der Waals surface area (Å²) in [5, 5.41) is 0. The fraction of sp³-hybridized carbons (Fsp3) is 0.333. The minimum absolute atomic E-state index is 0.320. The number of aromatic amines is 1. The van der Waals surface area contributed by atoms with E-state index in [9.17, 15) is 9.59 Å². The molecule has 2 heterocycles. The zero-order chi connectivity index (χ0) is 10.1. The first-order chi connectivity index (χ1) is 6.66. The molecule has 5 nitrogen and oxygen atoms in total. The van der Waals surface area contributed by atoms with E-state index in [-0.39, 0.29) is 6.23 Å². The standard InChI is InChI=1S/C9H10N2O3/c1-6-2-3-8(14-6)11-5-4-7(12)10-9(11)13/h2,4-5,8H,3H2,1H3,(H,10,12,13)/t8-/m1/s1. The Bertz CT molecular complexity index is 483. The molecule has 1 aromatic rings. The van der Waals surface area contributed by atoms with Gasteiger partial charge in [-0.3, -0.25) is 14.3 Å². The second kappa shape index (κ2) is 3.17. The molecule has 1 aliphatic heterocycles. The second-order valence-electron chi connectivity index (χ2n) is 3.14. The third-order valence-corrected chi connectivity index (χ3v) is 2.09. The summed E-state index contributed by atoms with van der Waals surface area (Å²) >= 11 is 0. The third kappa shape index (κ3) is 1.48. The highest BCUT2D eigenvalue weighted by Gasteiger charge is 2.17. The van der Waals surface area contributed by atoms with Crippen LogP contribution in [0.5, 0.6) is 0 Å². The number of aromatic nitrogens is 2. The number of allylic oxidation sites excluding steroid dienone is 1. The Morgan fingerprint density at radius 2 is 2.36 bits per heavy atom. The molecule has 1 atom stereocenters. The number of nitrogens with zero attached hydrogens (tertiary/aromatic N) is 1. The van der Waals surface area contributed by atoms with Crippen molar-refractivity contribution >= 4 is 0 Å². The molecule has 0 aliphatic carbocycles. The van der Waals surface area contributed by atoms with Crippen LogP contribution in [0, 0.1) is 0 Å². The Balaban J connectivity index is 2.35. The molecule has 0 aromatic carbocycles. The molecule has 1 N–H and O–H groups in total. The van der Waals surface area contributed by atoms with E-state index < -0.39 is 11.2 Å². The predicted molar refractivity (Wildman–Crippen MR) is 49.8 cm³/mol. The summed E-state index contributed by atoms with van der Waals surface area (Å²) in [7, 11) is 0. The van der Waals surface area contributed by atoms with Gasteiger partial charge in [0.15, 0.2) is 6.23 Å². The summed E-state index contributed by atoms with van der Waals surface area (Å²) in [5.41, 5.74) is -0.834. The maximum absolute atomic E-state index is 11.3. The largest absolute Gasteiger partial charge is 0.475 e. The van der Waals surface area contributed by atoms with Gasteiger partial charge in [-0.15, -0.1) is 0 Å². The predicted octanol–water partition coefficient (Wildman–Crippen LogP) is 0.359. The average molecular weight is 194 g/mol. The molecule has 0 unspecified atom stereocenters. The molecule has 0 saturated heterocycles. The minimum atomic E-state index is -0.439. The number of nitrogens with one attached hydrogen (secondary N) is 1. The van der Waals surface area contributed by atoms with E-state index in [1.807, 2.05) is 13.0 Å². The van der Waals surface area contributed by atoms with Gasteiger partial charge in [-0.25, -0.2) is 4.79 Å². The zero-order valence-corrected chi connectivity index (χ0v) is 7.69. The van der Waals surface area contributed by atoms with Crippen molar-refractivity contribution in [2.75, 3.05) is 0 Å². The fourth-order valence-corrected chi connectivity index (χ4v) is 1.40. The molecule has 0 saturated carbocycles. The van der Waals surface area contributed by atoms with Gasteiger partial charge in [-0.2, -0.15) is 0 Å². The van der Waals surface area contributed by atoms with Crippen molar-refractivity contribution in [3.63, 3.8) is 0 Å². The topological polar surface area (TPSA) is 64.1 Å². The van der Waals surface area contributed by atoms with Gasteiger partial charge in [-0.1, -0.05) is 0 Å². The molecule has 0 radical (unpaired) electrons. The SMILES string of the molecule is CC1=CC[C@H](n2ccc(=O)[nH]c2=O)O1. The number of rotatable bonds is 1. The summed E-state index contributed by atoms with van der Waals surface area (Å²) in [4.78, 5) is 24.3. The Morgan fingerprint density at radius 1 is 1.57 bits per heavy atom. The van der Waals surface area contributed by atoms with Crippen molar-refractivity contribution in [2.24, 2.45) is 0 Å². The van der Waals surface area contributed by atoms with Crippen LogP contribution in [-0.4, -0.2) is 9.55 Å². The minimum Gasteiger partial charge on any atom is -0.475 e. The van der Waals surface area contributed by atoms with Crippen molar-refractivity contribution in [1.82, 2.24) is 9.55 Å². The first kappa shape index (κ1) is 8.80. The van der Waals surface area contributed by atoms with Crippen molar-refractivity contribution in [2.45, 2.75) is 19.6 Å². The van der Waals surface area contributed by atoms with Crippen LogP contribution in [-0.2, 0) is 4.74 Å². The summed E-state index contributed by atoms with van der Waals surface area (Å²) in [5.74, 6) is 0.799. The van der Waals surface area contributed by atoms with E-state index in [2.05, 4.69) is 4.98 Å². The number of H-pyrrole nitrogens is 1. The smallest absolute Gasteiger partial charge is 0.331 e. The number of hydrogen-bond acceptors (Lipinski definition) is 3. The van der Waals surface area contributed by atoms with Gasteiger partial charge in [0.05, 0.1) is 5.76 Å². The van der Waals surface area contributed by atoms with Crippen molar-refractivity contribution in [3.05, 3.63) is 44.9 Å². The molecular formula is C9H10N2O3. The van der Waals surface area contributed by atoms with Gasteiger partial charge in [0, 0.05) is 18.7 Å². The number of ether oxygens (including phenoxy) is 1. The first-order valence-electron chi connectivity index (χ1n) is 4.32. The third-order valence-electron chi connectivity index (χ3n) is 2.09. The molecule has 14 heavy (non-hydrogen) atoms. The van der Waals surface area contributed by atoms with Gasteiger partial charge in [0.2, 0.25) is 0 Å². The van der Waals surface area contributed by atoms with Crippen molar-refractivity contribution in [3.8, 4) is 0 Å². The van der Waals surface area contributed by atoms with E-state index in [0.717, 1.165) is 5.76 Å². The molecule has 0 spiro atoms. The zero-order valence-electron chi connectivity index (χ0n) is 7.69. The van der Waals surface area contributed by atoms with Gasteiger partial charge in [-0.05, 0) is 13.0 Å². The van der Waals surface area contributed by atoms with Gasteiger partial charge < -0.3 is 4.74 Å². The van der Waals surface area contributed by atoms with Crippen molar-refractivity contribution < 1.29 is 4.74 Å². The first-order valence-corrected chi connectivity index (χ1v) is 4.32. The second-order valence-corrected chi connectivity index (χ2v) is 3.14. The lowest BCUT2D eigenvalue weighted by molar-refractivity contribution is 0.0792. The van der Waals surface area contributed by atoms with E-state index in [1.165, 1.54) is 16.8 Å². The molecular weight excluding hydrogens is 184 g/mol. The van der Waals surface area contributed by atoms with Crippen LogP contribution >= 0.6 is 0 Å². The lowest BCUT2D eigenvalue weighted by atomic mass is 10.4. The molecule has 0 amide bonds. The van der Waals surface area contributed by atoms with E-state index in [1.54, 1.807) is 0 Å². The van der Waals surface area contributed by atoms with Crippen LogP contribution in [0.3, 0.4) is 0 Å². The highest BCUT2D eigenvalue weighted by Crippen LogP contribution is 2.23. The molecule has 5 heteroatoms. The van der Waals surface area contributed by atoms with E-state index in [4.69, 9.17) is 4.74 Å². The monoisotopic (exact) mass is 194 g/mol. The number of hydrogen-bond donors (Lipinski definition) is 1. The maximum atomic E-state index is 11.3. The Labute approximate surface area is 79.6 Å². The Morgan fingerprint density at radius 3 is 2.93 bits per heavy atom. The van der Waals surface area contributed by atoms with Gasteiger partial charge in [0.25, 0.3) is 5.56 Å². The summed E-state index contributed by atoms with van der Waals surface area (Å²) in [6.07, 6.45) is 3.68.